The lowest BCUT2D eigenvalue weighted by molar-refractivity contribution is -0.127. The molecule has 7 heteroatoms. The minimum atomic E-state index is -1.08. The van der Waals surface area contributed by atoms with Gasteiger partial charge in [-0.2, -0.15) is 0 Å². The zero-order chi connectivity index (χ0) is 23.9. The van der Waals surface area contributed by atoms with Crippen LogP contribution in [0.4, 0.5) is 5.69 Å². The molecule has 3 aromatic rings. The Balaban J connectivity index is 1.63. The minimum Gasteiger partial charge on any atom is -0.497 e. The Hall–Kier alpha value is -2.93. The second-order valence-corrected chi connectivity index (χ2v) is 10.3. The third-order valence-electron chi connectivity index (χ3n) is 7.23. The number of rotatable bonds is 5. The molecule has 178 valence electrons. The number of carbonyl (C=O) groups excluding carboxylic acids is 2. The Morgan fingerprint density at radius 1 is 1.12 bits per heavy atom. The number of hydrogen-bond acceptors (Lipinski definition) is 4. The van der Waals surface area contributed by atoms with Gasteiger partial charge in [0.05, 0.1) is 19.2 Å². The number of amides is 2. The molecule has 5 rings (SSSR count). The van der Waals surface area contributed by atoms with Crippen molar-refractivity contribution in [2.45, 2.75) is 62.0 Å². The van der Waals surface area contributed by atoms with Crippen molar-refractivity contribution in [2.24, 2.45) is 0 Å². The molecule has 2 aliphatic rings. The first-order valence-electron chi connectivity index (χ1n) is 11.9. The maximum Gasteiger partial charge on any atom is 0.275 e. The van der Waals surface area contributed by atoms with Crippen molar-refractivity contribution in [3.8, 4) is 5.75 Å². The van der Waals surface area contributed by atoms with E-state index in [0.717, 1.165) is 52.9 Å². The van der Waals surface area contributed by atoms with E-state index in [1.165, 1.54) is 6.42 Å². The van der Waals surface area contributed by atoms with Gasteiger partial charge in [-0.05, 0) is 62.4 Å². The van der Waals surface area contributed by atoms with E-state index in [2.05, 4.69) is 5.32 Å². The van der Waals surface area contributed by atoms with Crippen LogP contribution in [0.3, 0.4) is 0 Å². The normalized spacial score (nSPS) is 20.9. The summed E-state index contributed by atoms with van der Waals surface area (Å²) in [5.41, 5.74) is 1.15. The quantitative estimate of drug-likeness (QED) is 0.511. The summed E-state index contributed by atoms with van der Waals surface area (Å²) in [7, 11) is 1.63. The lowest BCUT2D eigenvalue weighted by Crippen LogP contribution is -2.65. The van der Waals surface area contributed by atoms with Gasteiger partial charge in [0.1, 0.15) is 17.0 Å². The van der Waals surface area contributed by atoms with Gasteiger partial charge in [-0.1, -0.05) is 25.3 Å². The molecule has 34 heavy (non-hydrogen) atoms. The van der Waals surface area contributed by atoms with Gasteiger partial charge in [-0.15, -0.1) is 11.8 Å². The molecule has 1 N–H and O–H groups in total. The van der Waals surface area contributed by atoms with Crippen LogP contribution in [0, 0.1) is 0 Å². The highest BCUT2D eigenvalue weighted by molar-refractivity contribution is 7.98. The van der Waals surface area contributed by atoms with E-state index >= 15 is 0 Å². The Kier molecular flexibility index (Phi) is 6.06. The van der Waals surface area contributed by atoms with Crippen LogP contribution in [0.2, 0.25) is 0 Å². The molecule has 1 aliphatic heterocycles. The SMILES string of the molecule is COc1ccc2cc3n(c2c1)C[C@](C)(C(=O)NC1CCCCC1)N(c1cccc(SC)c1)C3=O. The fourth-order valence-electron chi connectivity index (χ4n) is 5.34. The second-order valence-electron chi connectivity index (χ2n) is 9.46. The van der Waals surface area contributed by atoms with E-state index in [1.807, 2.05) is 66.3 Å². The maximum atomic E-state index is 14.0. The predicted octanol–water partition coefficient (Wildman–Crippen LogP) is 5.24. The van der Waals surface area contributed by atoms with E-state index < -0.39 is 5.54 Å². The third-order valence-corrected chi connectivity index (χ3v) is 7.96. The number of methoxy groups -OCH3 is 1. The van der Waals surface area contributed by atoms with Crippen LogP contribution < -0.4 is 15.0 Å². The molecule has 1 fully saturated rings. The van der Waals surface area contributed by atoms with Crippen molar-refractivity contribution < 1.29 is 14.3 Å². The third kappa shape index (κ3) is 3.86. The second kappa shape index (κ2) is 9.02. The van der Waals surface area contributed by atoms with Crippen LogP contribution >= 0.6 is 11.8 Å². The van der Waals surface area contributed by atoms with Crippen molar-refractivity contribution in [3.63, 3.8) is 0 Å². The monoisotopic (exact) mass is 477 g/mol. The molecule has 0 unspecified atom stereocenters. The van der Waals surface area contributed by atoms with Gasteiger partial charge in [0, 0.05) is 28.1 Å². The van der Waals surface area contributed by atoms with Gasteiger partial charge in [0.25, 0.3) is 5.91 Å². The molecule has 0 spiro atoms. The van der Waals surface area contributed by atoms with Crippen LogP contribution in [0.15, 0.2) is 53.4 Å². The molecule has 2 heterocycles. The first-order valence-corrected chi connectivity index (χ1v) is 13.1. The average molecular weight is 478 g/mol. The zero-order valence-electron chi connectivity index (χ0n) is 20.0. The molecule has 0 bridgehead atoms. The van der Waals surface area contributed by atoms with Crippen molar-refractivity contribution in [3.05, 3.63) is 54.2 Å². The average Bonchev–Trinajstić information content (AvgIpc) is 3.22. The van der Waals surface area contributed by atoms with Crippen molar-refractivity contribution in [1.29, 1.82) is 0 Å². The number of ether oxygens (including phenoxy) is 1. The molecular formula is C27H31N3O3S. The summed E-state index contributed by atoms with van der Waals surface area (Å²) in [6, 6.07) is 15.8. The molecule has 0 radical (unpaired) electrons. The Labute approximate surface area is 204 Å². The smallest absolute Gasteiger partial charge is 0.275 e. The minimum absolute atomic E-state index is 0.0994. The van der Waals surface area contributed by atoms with Crippen LogP contribution in [0.25, 0.3) is 10.9 Å². The van der Waals surface area contributed by atoms with Crippen molar-refractivity contribution >= 4 is 40.2 Å². The van der Waals surface area contributed by atoms with Crippen LogP contribution in [0.5, 0.6) is 5.75 Å². The summed E-state index contributed by atoms with van der Waals surface area (Å²) in [6.45, 7) is 2.26. The van der Waals surface area contributed by atoms with Gasteiger partial charge in [-0.25, -0.2) is 0 Å². The van der Waals surface area contributed by atoms with Gasteiger partial charge in [0.15, 0.2) is 0 Å². The van der Waals surface area contributed by atoms with Crippen LogP contribution in [-0.4, -0.2) is 41.3 Å². The Morgan fingerprint density at radius 3 is 2.65 bits per heavy atom. The van der Waals surface area contributed by atoms with Crippen LogP contribution in [-0.2, 0) is 11.3 Å². The van der Waals surface area contributed by atoms with E-state index in [9.17, 15) is 9.59 Å². The number of hydrogen-bond donors (Lipinski definition) is 1. The number of nitrogens with one attached hydrogen (secondary N) is 1. The molecule has 2 amide bonds. The topological polar surface area (TPSA) is 63.6 Å². The van der Waals surface area contributed by atoms with E-state index in [0.29, 0.717) is 12.2 Å². The highest BCUT2D eigenvalue weighted by atomic mass is 32.2. The van der Waals surface area contributed by atoms with Crippen molar-refractivity contribution in [2.75, 3.05) is 18.3 Å². The zero-order valence-corrected chi connectivity index (χ0v) is 20.8. The molecule has 2 aromatic carbocycles. The summed E-state index contributed by atoms with van der Waals surface area (Å²) in [6.07, 6.45) is 7.48. The number of anilines is 1. The number of aromatic nitrogens is 1. The number of benzene rings is 2. The predicted molar refractivity (Wildman–Crippen MR) is 137 cm³/mol. The van der Waals surface area contributed by atoms with Crippen LogP contribution in [0.1, 0.15) is 49.5 Å². The number of fused-ring (bicyclic) bond motifs is 3. The fourth-order valence-corrected chi connectivity index (χ4v) is 5.79. The number of nitrogens with zero attached hydrogens (tertiary/aromatic N) is 2. The summed E-state index contributed by atoms with van der Waals surface area (Å²) in [5.74, 6) is 0.461. The lowest BCUT2D eigenvalue weighted by Gasteiger charge is -2.44. The molecular weight excluding hydrogens is 446 g/mol. The first-order chi connectivity index (χ1) is 16.4. The fraction of sp³-hybridized carbons (Fsp3) is 0.407. The standard InChI is InChI=1S/C27H31N3O3S/c1-27(26(32)28-19-8-5-4-6-9-19)17-29-23-16-21(33-2)13-12-18(23)14-24(29)25(31)30(27)20-10-7-11-22(15-20)34-3/h7,10-16,19H,4-6,8-9,17H2,1-3H3,(H,28,32)/t27-/m1/s1. The number of carbonyl (C=O) groups is 2. The summed E-state index contributed by atoms with van der Waals surface area (Å²) >= 11 is 1.62. The summed E-state index contributed by atoms with van der Waals surface area (Å²) < 4.78 is 7.42. The molecule has 1 aromatic heterocycles. The highest BCUT2D eigenvalue weighted by Crippen LogP contribution is 2.38. The summed E-state index contributed by atoms with van der Waals surface area (Å²) in [4.78, 5) is 30.7. The Bertz CT molecular complexity index is 1250. The lowest BCUT2D eigenvalue weighted by atomic mass is 9.91. The van der Waals surface area contributed by atoms with E-state index in [4.69, 9.17) is 4.74 Å². The molecule has 6 nitrogen and oxygen atoms in total. The molecule has 1 saturated carbocycles. The van der Waals surface area contributed by atoms with Gasteiger partial charge >= 0.3 is 0 Å². The summed E-state index contributed by atoms with van der Waals surface area (Å²) in [5, 5.41) is 4.25. The molecule has 0 saturated heterocycles. The van der Waals surface area contributed by atoms with E-state index in [-0.39, 0.29) is 17.9 Å². The van der Waals surface area contributed by atoms with Crippen molar-refractivity contribution in [1.82, 2.24) is 9.88 Å². The maximum absolute atomic E-state index is 14.0. The van der Waals surface area contributed by atoms with Gasteiger partial charge in [0.2, 0.25) is 5.91 Å². The first kappa shape index (κ1) is 22.8. The van der Waals surface area contributed by atoms with Gasteiger partial charge < -0.3 is 14.6 Å². The number of thioether (sulfide) groups is 1. The Morgan fingerprint density at radius 2 is 1.91 bits per heavy atom. The van der Waals surface area contributed by atoms with Gasteiger partial charge in [-0.3, -0.25) is 14.5 Å². The highest BCUT2D eigenvalue weighted by Gasteiger charge is 2.49. The molecule has 1 atom stereocenters. The largest absolute Gasteiger partial charge is 0.497 e. The molecule has 1 aliphatic carbocycles. The van der Waals surface area contributed by atoms with E-state index in [1.54, 1.807) is 23.8 Å².